The van der Waals surface area contributed by atoms with Crippen molar-refractivity contribution in [2.75, 3.05) is 19.7 Å². The van der Waals surface area contributed by atoms with E-state index in [4.69, 9.17) is 9.15 Å². The minimum Gasteiger partial charge on any atom is -0.438 e. The molecule has 2 N–H and O–H groups in total. The molecule has 1 aromatic rings. The van der Waals surface area contributed by atoms with Crippen LogP contribution in [-0.4, -0.2) is 64.2 Å². The summed E-state index contributed by atoms with van der Waals surface area (Å²) < 4.78 is 11.0. The van der Waals surface area contributed by atoms with Crippen LogP contribution < -0.4 is 5.32 Å². The number of piperidine rings is 1. The number of rotatable bonds is 2. The molecule has 2 aliphatic heterocycles. The standard InChI is InChI=1S/C16H23N3O5/c1-10(20)18-14-8-23-12-3-4-19(7-11(12)5-16(14,2)22)15(21)13-6-17-9-24-13/h6,9,11-12,14,22H,3-5,7-8H2,1-2H3,(H,18,20)/t11-,12+,14+,16+/m0/s1. The first-order valence-electron chi connectivity index (χ1n) is 8.15. The molecular formula is C16H23N3O5. The number of carbonyl (C=O) groups excluding carboxylic acids is 2. The van der Waals surface area contributed by atoms with Gasteiger partial charge in [0.25, 0.3) is 5.91 Å². The van der Waals surface area contributed by atoms with Gasteiger partial charge in [0.05, 0.1) is 30.6 Å². The fourth-order valence-corrected chi connectivity index (χ4v) is 3.60. The summed E-state index contributed by atoms with van der Waals surface area (Å²) in [7, 11) is 0. The normalized spacial score (nSPS) is 33.5. The Labute approximate surface area is 140 Å². The van der Waals surface area contributed by atoms with Gasteiger partial charge in [-0.2, -0.15) is 0 Å². The number of nitrogens with one attached hydrogen (secondary N) is 1. The lowest BCUT2D eigenvalue weighted by atomic mass is 9.82. The number of aromatic nitrogens is 1. The molecule has 0 spiro atoms. The van der Waals surface area contributed by atoms with Crippen molar-refractivity contribution >= 4 is 11.8 Å². The van der Waals surface area contributed by atoms with Gasteiger partial charge in [-0.3, -0.25) is 9.59 Å². The third kappa shape index (κ3) is 3.44. The number of aliphatic hydroxyl groups is 1. The molecule has 8 heteroatoms. The number of likely N-dealkylation sites (tertiary alicyclic amines) is 1. The average molecular weight is 337 g/mol. The van der Waals surface area contributed by atoms with E-state index >= 15 is 0 Å². The Kier molecular flexibility index (Phi) is 4.60. The lowest BCUT2D eigenvalue weighted by Crippen LogP contribution is -2.53. The van der Waals surface area contributed by atoms with Gasteiger partial charge >= 0.3 is 0 Å². The SMILES string of the molecule is CC(=O)N[C@@H]1CO[C@@H]2CCN(C(=O)c3cnco3)C[C@@H]2C[C@@]1(C)O. The summed E-state index contributed by atoms with van der Waals surface area (Å²) in [5.74, 6) is -0.186. The lowest BCUT2D eigenvalue weighted by Gasteiger charge is -2.38. The van der Waals surface area contributed by atoms with Crippen molar-refractivity contribution in [3.05, 3.63) is 18.4 Å². The van der Waals surface area contributed by atoms with Crippen molar-refractivity contribution in [1.82, 2.24) is 15.2 Å². The summed E-state index contributed by atoms with van der Waals surface area (Å²) in [5.41, 5.74) is -1.09. The van der Waals surface area contributed by atoms with Crippen molar-refractivity contribution in [2.45, 2.75) is 44.4 Å². The van der Waals surface area contributed by atoms with Gasteiger partial charge < -0.3 is 24.5 Å². The van der Waals surface area contributed by atoms with E-state index in [1.165, 1.54) is 19.5 Å². The Morgan fingerprint density at radius 3 is 2.96 bits per heavy atom. The molecule has 24 heavy (non-hydrogen) atoms. The van der Waals surface area contributed by atoms with Crippen LogP contribution in [-0.2, 0) is 9.53 Å². The van der Waals surface area contributed by atoms with E-state index in [1.54, 1.807) is 11.8 Å². The van der Waals surface area contributed by atoms with Crippen molar-refractivity contribution in [3.63, 3.8) is 0 Å². The molecule has 2 aliphatic rings. The Balaban J connectivity index is 1.71. The Morgan fingerprint density at radius 1 is 1.50 bits per heavy atom. The first-order valence-corrected chi connectivity index (χ1v) is 8.15. The van der Waals surface area contributed by atoms with E-state index in [0.717, 1.165) is 0 Å². The van der Waals surface area contributed by atoms with Crippen molar-refractivity contribution in [2.24, 2.45) is 5.92 Å². The summed E-state index contributed by atoms with van der Waals surface area (Å²) >= 11 is 0. The van der Waals surface area contributed by atoms with E-state index in [-0.39, 0.29) is 36.2 Å². The zero-order chi connectivity index (χ0) is 17.3. The van der Waals surface area contributed by atoms with E-state index in [0.29, 0.717) is 25.9 Å². The molecule has 8 nitrogen and oxygen atoms in total. The number of hydrogen-bond donors (Lipinski definition) is 2. The highest BCUT2D eigenvalue weighted by Crippen LogP contribution is 2.33. The van der Waals surface area contributed by atoms with Crippen LogP contribution in [0.1, 0.15) is 37.2 Å². The highest BCUT2D eigenvalue weighted by Gasteiger charge is 2.44. The van der Waals surface area contributed by atoms with Crippen LogP contribution >= 0.6 is 0 Å². The van der Waals surface area contributed by atoms with Crippen LogP contribution in [0, 0.1) is 5.92 Å². The zero-order valence-electron chi connectivity index (χ0n) is 13.9. The Bertz CT molecular complexity index is 601. The number of amides is 2. The monoisotopic (exact) mass is 337 g/mol. The summed E-state index contributed by atoms with van der Waals surface area (Å²) in [6, 6.07) is -0.459. The first-order chi connectivity index (χ1) is 11.4. The second kappa shape index (κ2) is 6.52. The molecule has 0 aliphatic carbocycles. The van der Waals surface area contributed by atoms with Crippen LogP contribution in [0.3, 0.4) is 0 Å². The number of fused-ring (bicyclic) bond motifs is 1. The summed E-state index contributed by atoms with van der Waals surface area (Å²) in [5, 5.41) is 13.5. The van der Waals surface area contributed by atoms with E-state index in [9.17, 15) is 14.7 Å². The molecule has 0 bridgehead atoms. The first kappa shape index (κ1) is 16.9. The number of carbonyl (C=O) groups is 2. The maximum absolute atomic E-state index is 12.4. The molecule has 2 amide bonds. The van der Waals surface area contributed by atoms with Gasteiger partial charge in [-0.1, -0.05) is 0 Å². The van der Waals surface area contributed by atoms with Gasteiger partial charge in [0.1, 0.15) is 0 Å². The minimum atomic E-state index is -1.09. The van der Waals surface area contributed by atoms with Crippen LogP contribution in [0.5, 0.6) is 0 Å². The van der Waals surface area contributed by atoms with Crippen molar-refractivity contribution < 1.29 is 23.8 Å². The van der Waals surface area contributed by atoms with Crippen LogP contribution in [0.4, 0.5) is 0 Å². The number of hydrogen-bond acceptors (Lipinski definition) is 6. The highest BCUT2D eigenvalue weighted by molar-refractivity contribution is 5.91. The van der Waals surface area contributed by atoms with Crippen LogP contribution in [0.15, 0.2) is 17.0 Å². The predicted octanol–water partition coefficient (Wildman–Crippen LogP) is 0.181. The number of ether oxygens (including phenoxy) is 1. The second-order valence-electron chi connectivity index (χ2n) is 6.85. The molecular weight excluding hydrogens is 314 g/mol. The molecule has 3 heterocycles. The fourth-order valence-electron chi connectivity index (χ4n) is 3.60. The summed E-state index contributed by atoms with van der Waals surface area (Å²) in [6.07, 6.45) is 3.74. The van der Waals surface area contributed by atoms with Crippen molar-refractivity contribution in [3.8, 4) is 0 Å². The second-order valence-corrected chi connectivity index (χ2v) is 6.85. The van der Waals surface area contributed by atoms with Crippen LogP contribution in [0.2, 0.25) is 0 Å². The summed E-state index contributed by atoms with van der Waals surface area (Å²) in [4.78, 5) is 29.3. The van der Waals surface area contributed by atoms with E-state index < -0.39 is 11.6 Å². The molecule has 2 fully saturated rings. The largest absolute Gasteiger partial charge is 0.438 e. The van der Waals surface area contributed by atoms with Gasteiger partial charge in [0.15, 0.2) is 6.39 Å². The van der Waals surface area contributed by atoms with Gasteiger partial charge in [-0.25, -0.2) is 4.98 Å². The smallest absolute Gasteiger partial charge is 0.291 e. The molecule has 0 aromatic carbocycles. The molecule has 0 unspecified atom stereocenters. The molecule has 0 saturated carbocycles. The van der Waals surface area contributed by atoms with E-state index in [1.807, 2.05) is 0 Å². The minimum absolute atomic E-state index is 0.000574. The summed E-state index contributed by atoms with van der Waals surface area (Å²) in [6.45, 7) is 4.44. The fraction of sp³-hybridized carbons (Fsp3) is 0.688. The van der Waals surface area contributed by atoms with Crippen LogP contribution in [0.25, 0.3) is 0 Å². The number of nitrogens with zero attached hydrogens (tertiary/aromatic N) is 2. The predicted molar refractivity (Wildman–Crippen MR) is 83.1 cm³/mol. The maximum Gasteiger partial charge on any atom is 0.291 e. The zero-order valence-corrected chi connectivity index (χ0v) is 13.9. The highest BCUT2D eigenvalue weighted by atomic mass is 16.5. The molecule has 1 aromatic heterocycles. The molecule has 3 rings (SSSR count). The Hall–Kier alpha value is -1.93. The molecule has 132 valence electrons. The number of oxazole rings is 1. The average Bonchev–Trinajstić information content (AvgIpc) is 3.01. The maximum atomic E-state index is 12.4. The van der Waals surface area contributed by atoms with Gasteiger partial charge in [0.2, 0.25) is 11.7 Å². The molecule has 2 saturated heterocycles. The topological polar surface area (TPSA) is 105 Å². The van der Waals surface area contributed by atoms with E-state index in [2.05, 4.69) is 10.3 Å². The lowest BCUT2D eigenvalue weighted by molar-refractivity contribution is -0.122. The Morgan fingerprint density at radius 2 is 2.29 bits per heavy atom. The third-order valence-corrected chi connectivity index (χ3v) is 4.88. The quantitative estimate of drug-likeness (QED) is 0.798. The molecule has 4 atom stereocenters. The van der Waals surface area contributed by atoms with Gasteiger partial charge in [-0.05, 0) is 19.8 Å². The third-order valence-electron chi connectivity index (χ3n) is 4.88. The molecule has 0 radical (unpaired) electrons. The van der Waals surface area contributed by atoms with Crippen molar-refractivity contribution in [1.29, 1.82) is 0 Å². The van der Waals surface area contributed by atoms with Gasteiger partial charge in [-0.15, -0.1) is 0 Å². The van der Waals surface area contributed by atoms with Gasteiger partial charge in [0, 0.05) is 25.9 Å².